The smallest absolute Gasteiger partial charge is 0.263 e. The number of amides is 1. The van der Waals surface area contributed by atoms with Crippen molar-refractivity contribution < 1.29 is 4.79 Å². The average Bonchev–Trinajstić information content (AvgIpc) is 3.23. The zero-order valence-electron chi connectivity index (χ0n) is 14.8. The Kier molecular flexibility index (Phi) is 6.44. The number of hydrogen-bond donors (Lipinski definition) is 1. The predicted octanol–water partition coefficient (Wildman–Crippen LogP) is 3.71. The maximum absolute atomic E-state index is 12.4. The molecule has 4 nitrogen and oxygen atoms in total. The third kappa shape index (κ3) is 4.90. The van der Waals surface area contributed by atoms with Gasteiger partial charge < -0.3 is 10.2 Å². The van der Waals surface area contributed by atoms with Gasteiger partial charge in [-0.25, -0.2) is 4.98 Å². The van der Waals surface area contributed by atoms with Crippen molar-refractivity contribution in [1.82, 2.24) is 15.2 Å². The lowest BCUT2D eigenvalue weighted by molar-refractivity contribution is 0.0957. The molecule has 24 heavy (non-hydrogen) atoms. The molecule has 0 saturated carbocycles. The second kappa shape index (κ2) is 8.77. The van der Waals surface area contributed by atoms with E-state index in [-0.39, 0.29) is 5.91 Å². The van der Waals surface area contributed by atoms with Gasteiger partial charge in [0, 0.05) is 19.5 Å². The maximum Gasteiger partial charge on any atom is 0.263 e. The molecule has 1 amide bonds. The van der Waals surface area contributed by atoms with E-state index in [4.69, 9.17) is 0 Å². The molecule has 0 atom stereocenters. The van der Waals surface area contributed by atoms with Gasteiger partial charge in [0.05, 0.1) is 10.7 Å². The van der Waals surface area contributed by atoms with E-state index in [0.717, 1.165) is 41.5 Å². The van der Waals surface area contributed by atoms with Gasteiger partial charge in [0.1, 0.15) is 4.88 Å². The van der Waals surface area contributed by atoms with Crippen LogP contribution >= 0.6 is 11.3 Å². The fraction of sp³-hybridized carbons (Fsp3) is 0.684. The Morgan fingerprint density at radius 3 is 2.83 bits per heavy atom. The van der Waals surface area contributed by atoms with Gasteiger partial charge in [-0.15, -0.1) is 11.3 Å². The Labute approximate surface area is 149 Å². The molecule has 1 aliphatic carbocycles. The fourth-order valence-corrected chi connectivity index (χ4v) is 4.55. The number of nitrogens with one attached hydrogen (secondary N) is 1. The van der Waals surface area contributed by atoms with E-state index in [2.05, 4.69) is 21.3 Å². The van der Waals surface area contributed by atoms with Crippen molar-refractivity contribution in [2.45, 2.75) is 58.3 Å². The van der Waals surface area contributed by atoms with Crippen LogP contribution in [0.2, 0.25) is 0 Å². The number of aryl methyl sites for hydroxylation is 1. The molecule has 0 bridgehead atoms. The topological polar surface area (TPSA) is 45.2 Å². The summed E-state index contributed by atoms with van der Waals surface area (Å²) in [4.78, 5) is 20.3. The van der Waals surface area contributed by atoms with E-state index in [1.165, 1.54) is 57.2 Å². The van der Waals surface area contributed by atoms with Crippen LogP contribution in [0.3, 0.4) is 0 Å². The van der Waals surface area contributed by atoms with E-state index in [1.807, 2.05) is 6.92 Å². The summed E-state index contributed by atoms with van der Waals surface area (Å²) >= 11 is 1.57. The minimum Gasteiger partial charge on any atom is -0.351 e. The lowest BCUT2D eigenvalue weighted by Gasteiger charge is -2.12. The molecule has 0 aromatic carbocycles. The molecule has 1 aromatic heterocycles. The first-order valence-electron chi connectivity index (χ1n) is 9.37. The second-order valence-corrected chi connectivity index (χ2v) is 8.02. The normalized spacial score (nSPS) is 18.6. The molecule has 2 heterocycles. The number of nitrogens with zero attached hydrogens (tertiary/aromatic N) is 2. The third-order valence-electron chi connectivity index (χ3n) is 5.00. The number of likely N-dealkylation sites (tertiary alicyclic amines) is 1. The highest BCUT2D eigenvalue weighted by atomic mass is 32.1. The van der Waals surface area contributed by atoms with Crippen LogP contribution in [-0.4, -0.2) is 42.0 Å². The van der Waals surface area contributed by atoms with Crippen LogP contribution in [0.15, 0.2) is 11.6 Å². The first-order valence-corrected chi connectivity index (χ1v) is 10.2. The van der Waals surface area contributed by atoms with Gasteiger partial charge in [0.2, 0.25) is 0 Å². The first kappa shape index (κ1) is 17.6. The molecule has 0 unspecified atom stereocenters. The summed E-state index contributed by atoms with van der Waals surface area (Å²) in [5, 5.41) is 4.17. The highest BCUT2D eigenvalue weighted by molar-refractivity contribution is 7.13. The van der Waals surface area contributed by atoms with Crippen molar-refractivity contribution in [3.05, 3.63) is 27.2 Å². The quantitative estimate of drug-likeness (QED) is 0.765. The summed E-state index contributed by atoms with van der Waals surface area (Å²) in [6.45, 7) is 6.20. The Morgan fingerprint density at radius 2 is 2.08 bits per heavy atom. The lowest BCUT2D eigenvalue weighted by atomic mass is 9.97. The fourth-order valence-electron chi connectivity index (χ4n) is 3.58. The standard InChI is InChI=1S/C19H29N3OS/c1-15-18(19(23)20-11-9-16-7-3-2-4-8-16)24-17(21-15)10-14-22-12-5-6-13-22/h7H,2-6,8-14H2,1H3,(H,20,23). The van der Waals surface area contributed by atoms with Gasteiger partial charge in [-0.3, -0.25) is 4.79 Å². The van der Waals surface area contributed by atoms with Crippen LogP contribution in [0, 0.1) is 6.92 Å². The molecule has 1 N–H and O–H groups in total. The van der Waals surface area contributed by atoms with Crippen molar-refractivity contribution in [2.24, 2.45) is 0 Å². The van der Waals surface area contributed by atoms with Crippen molar-refractivity contribution >= 4 is 17.2 Å². The summed E-state index contributed by atoms with van der Waals surface area (Å²) in [6, 6.07) is 0. The summed E-state index contributed by atoms with van der Waals surface area (Å²) < 4.78 is 0. The first-order chi connectivity index (χ1) is 11.7. The summed E-state index contributed by atoms with van der Waals surface area (Å²) in [5.74, 6) is 0.0498. The van der Waals surface area contributed by atoms with Crippen molar-refractivity contribution in [3.8, 4) is 0 Å². The van der Waals surface area contributed by atoms with Crippen molar-refractivity contribution in [3.63, 3.8) is 0 Å². The highest BCUT2D eigenvalue weighted by Crippen LogP contribution is 2.21. The van der Waals surface area contributed by atoms with Crippen LogP contribution < -0.4 is 5.32 Å². The molecule has 0 radical (unpaired) electrons. The van der Waals surface area contributed by atoms with Gasteiger partial charge in [-0.2, -0.15) is 0 Å². The molecule has 0 spiro atoms. The van der Waals surface area contributed by atoms with Crippen LogP contribution in [0.25, 0.3) is 0 Å². The van der Waals surface area contributed by atoms with Crippen molar-refractivity contribution in [1.29, 1.82) is 0 Å². The van der Waals surface area contributed by atoms with Crippen molar-refractivity contribution in [2.75, 3.05) is 26.2 Å². The van der Waals surface area contributed by atoms with E-state index < -0.39 is 0 Å². The zero-order chi connectivity index (χ0) is 16.8. The number of allylic oxidation sites excluding steroid dienone is 1. The average molecular weight is 348 g/mol. The van der Waals surface area contributed by atoms with E-state index in [1.54, 1.807) is 11.3 Å². The maximum atomic E-state index is 12.4. The van der Waals surface area contributed by atoms with E-state index in [0.29, 0.717) is 0 Å². The van der Waals surface area contributed by atoms with Crippen LogP contribution in [0.4, 0.5) is 0 Å². The van der Waals surface area contributed by atoms with Gasteiger partial charge in [-0.1, -0.05) is 11.6 Å². The van der Waals surface area contributed by atoms with Gasteiger partial charge in [0.25, 0.3) is 5.91 Å². The predicted molar refractivity (Wildman–Crippen MR) is 99.7 cm³/mol. The van der Waals surface area contributed by atoms with E-state index in [9.17, 15) is 4.79 Å². The summed E-state index contributed by atoms with van der Waals surface area (Å²) in [6.07, 6.45) is 12.0. The van der Waals surface area contributed by atoms with Crippen LogP contribution in [0.5, 0.6) is 0 Å². The van der Waals surface area contributed by atoms with Gasteiger partial charge >= 0.3 is 0 Å². The Bertz CT molecular complexity index is 587. The Hall–Kier alpha value is -1.20. The molecule has 1 aromatic rings. The summed E-state index contributed by atoms with van der Waals surface area (Å²) in [7, 11) is 0. The SMILES string of the molecule is Cc1nc(CCN2CCCC2)sc1C(=O)NCCC1=CCCCC1. The van der Waals surface area contributed by atoms with Crippen LogP contribution in [-0.2, 0) is 6.42 Å². The Morgan fingerprint density at radius 1 is 1.25 bits per heavy atom. The summed E-state index contributed by atoms with van der Waals surface area (Å²) in [5.41, 5.74) is 2.39. The molecule has 2 aliphatic rings. The number of rotatable bonds is 7. The molecule has 1 saturated heterocycles. The zero-order valence-corrected chi connectivity index (χ0v) is 15.6. The number of carbonyl (C=O) groups excluding carboxylic acids is 1. The number of thiazole rings is 1. The molecular weight excluding hydrogens is 318 g/mol. The molecule has 132 valence electrons. The molecule has 1 aliphatic heterocycles. The Balaban J connectivity index is 1.46. The number of hydrogen-bond acceptors (Lipinski definition) is 4. The minimum absolute atomic E-state index is 0.0498. The van der Waals surface area contributed by atoms with Gasteiger partial charge in [-0.05, 0) is 65.0 Å². The van der Waals surface area contributed by atoms with Crippen LogP contribution in [0.1, 0.15) is 65.3 Å². The molecule has 3 rings (SSSR count). The minimum atomic E-state index is 0.0498. The monoisotopic (exact) mass is 347 g/mol. The number of aromatic nitrogens is 1. The highest BCUT2D eigenvalue weighted by Gasteiger charge is 2.17. The molecule has 5 heteroatoms. The number of carbonyl (C=O) groups is 1. The van der Waals surface area contributed by atoms with Gasteiger partial charge in [0.15, 0.2) is 0 Å². The lowest BCUT2D eigenvalue weighted by Crippen LogP contribution is -2.24. The molecular formula is C19H29N3OS. The van der Waals surface area contributed by atoms with E-state index >= 15 is 0 Å². The largest absolute Gasteiger partial charge is 0.351 e. The second-order valence-electron chi connectivity index (χ2n) is 6.93. The third-order valence-corrected chi connectivity index (χ3v) is 6.22. The molecule has 1 fully saturated rings.